The highest BCUT2D eigenvalue weighted by Gasteiger charge is 2.09. The third kappa shape index (κ3) is 2.44. The Hall–Kier alpha value is -1.66. The van der Waals surface area contributed by atoms with Crippen LogP contribution in [-0.4, -0.2) is 14.5 Å². The summed E-state index contributed by atoms with van der Waals surface area (Å²) >= 11 is 7.07. The Morgan fingerprint density at radius 3 is 2.67 bits per heavy atom. The van der Waals surface area contributed by atoms with Crippen LogP contribution in [0.25, 0.3) is 0 Å². The second kappa shape index (κ2) is 4.91. The minimum Gasteiger partial charge on any atom is -0.421 e. The lowest BCUT2D eigenvalue weighted by molar-refractivity contribution is 0.153. The van der Waals surface area contributed by atoms with E-state index >= 15 is 0 Å². The molecule has 1 aromatic carbocycles. The molecule has 5 nitrogen and oxygen atoms in total. The van der Waals surface area contributed by atoms with Crippen molar-refractivity contribution in [2.45, 2.75) is 9.92 Å². The molecule has 1 N–H and O–H groups in total. The summed E-state index contributed by atoms with van der Waals surface area (Å²) < 4.78 is 1.26. The topological polar surface area (TPSA) is 64.2 Å². The molecule has 0 amide bonds. The van der Waals surface area contributed by atoms with Crippen molar-refractivity contribution >= 4 is 23.4 Å². The molecule has 2 aromatic rings. The summed E-state index contributed by atoms with van der Waals surface area (Å²) in [6, 6.07) is 8.23. The summed E-state index contributed by atoms with van der Waals surface area (Å²) in [5.41, 5.74) is -1.55. The van der Waals surface area contributed by atoms with E-state index in [0.29, 0.717) is 10.0 Å². The molecule has 2 rings (SSSR count). The lowest BCUT2D eigenvalue weighted by Gasteiger charge is -2.07. The molecular formula is C11H9ClN2O3S. The molecular weight excluding hydrogens is 276 g/mol. The molecule has 0 fully saturated rings. The monoisotopic (exact) mass is 284 g/mol. The van der Waals surface area contributed by atoms with Gasteiger partial charge in [0.05, 0.1) is 5.03 Å². The maximum atomic E-state index is 11.5. The smallest absolute Gasteiger partial charge is 0.365 e. The van der Waals surface area contributed by atoms with Crippen molar-refractivity contribution in [3.63, 3.8) is 0 Å². The number of halogens is 1. The van der Waals surface area contributed by atoms with Crippen LogP contribution in [0.1, 0.15) is 0 Å². The van der Waals surface area contributed by atoms with Gasteiger partial charge in [0.25, 0.3) is 5.56 Å². The second-order valence-electron chi connectivity index (χ2n) is 3.53. The number of rotatable bonds is 2. The fourth-order valence-corrected chi connectivity index (χ4v) is 2.55. The zero-order chi connectivity index (χ0) is 13.3. The van der Waals surface area contributed by atoms with Gasteiger partial charge in [-0.1, -0.05) is 34.2 Å². The molecule has 1 heterocycles. The first-order valence-electron chi connectivity index (χ1n) is 4.95. The summed E-state index contributed by atoms with van der Waals surface area (Å²) in [6.07, 6.45) is 0. The van der Waals surface area contributed by atoms with Crippen LogP contribution in [0, 0.1) is 0 Å². The van der Waals surface area contributed by atoms with E-state index in [1.807, 2.05) is 6.07 Å². The summed E-state index contributed by atoms with van der Waals surface area (Å²) in [5.74, 6) is 0. The van der Waals surface area contributed by atoms with E-state index in [2.05, 4.69) is 0 Å². The Morgan fingerprint density at radius 2 is 2.00 bits per heavy atom. The van der Waals surface area contributed by atoms with Crippen molar-refractivity contribution in [3.8, 4) is 0 Å². The molecule has 7 heteroatoms. The van der Waals surface area contributed by atoms with Crippen LogP contribution in [0.2, 0.25) is 5.02 Å². The molecule has 0 spiro atoms. The van der Waals surface area contributed by atoms with Gasteiger partial charge in [-0.25, -0.2) is 4.79 Å². The molecule has 0 aliphatic heterocycles. The highest BCUT2D eigenvalue weighted by molar-refractivity contribution is 7.99. The van der Waals surface area contributed by atoms with Gasteiger partial charge in [0, 0.05) is 23.0 Å². The summed E-state index contributed by atoms with van der Waals surface area (Å²) in [6.45, 7) is 0. The average molecular weight is 285 g/mol. The first-order valence-corrected chi connectivity index (χ1v) is 6.14. The van der Waals surface area contributed by atoms with Crippen molar-refractivity contribution in [2.75, 3.05) is 0 Å². The van der Waals surface area contributed by atoms with Gasteiger partial charge in [-0.3, -0.25) is 9.36 Å². The van der Waals surface area contributed by atoms with Crippen LogP contribution in [0.4, 0.5) is 0 Å². The third-order valence-electron chi connectivity index (χ3n) is 2.27. The summed E-state index contributed by atoms with van der Waals surface area (Å²) in [7, 11) is 1.47. The first kappa shape index (κ1) is 12.8. The summed E-state index contributed by atoms with van der Waals surface area (Å²) in [4.78, 5) is 23.6. The van der Waals surface area contributed by atoms with Crippen molar-refractivity contribution in [1.82, 2.24) is 9.30 Å². The fraction of sp³-hybridized carbons (Fsp3) is 0.0909. The maximum absolute atomic E-state index is 11.5. The second-order valence-corrected chi connectivity index (χ2v) is 5.06. The molecule has 0 unspecified atom stereocenters. The van der Waals surface area contributed by atoms with Crippen molar-refractivity contribution in [3.05, 3.63) is 56.2 Å². The van der Waals surface area contributed by atoms with Gasteiger partial charge in [0.1, 0.15) is 0 Å². The van der Waals surface area contributed by atoms with Gasteiger partial charge in [0.15, 0.2) is 0 Å². The number of hydrogen-bond acceptors (Lipinski definition) is 4. The number of aromatic nitrogens is 2. The van der Waals surface area contributed by atoms with E-state index in [0.717, 1.165) is 4.90 Å². The minimum atomic E-state index is -0.785. The van der Waals surface area contributed by atoms with Crippen LogP contribution in [0.15, 0.2) is 49.8 Å². The Labute approximate surface area is 111 Å². The lowest BCUT2D eigenvalue weighted by Crippen LogP contribution is -2.37. The van der Waals surface area contributed by atoms with Crippen LogP contribution in [-0.2, 0) is 7.05 Å². The van der Waals surface area contributed by atoms with E-state index in [1.54, 1.807) is 18.2 Å². The van der Waals surface area contributed by atoms with E-state index < -0.39 is 11.2 Å². The van der Waals surface area contributed by atoms with Gasteiger partial charge < -0.3 is 5.21 Å². The van der Waals surface area contributed by atoms with Crippen LogP contribution >= 0.6 is 23.4 Å². The standard InChI is InChI=1S/C11H9ClN2O3S/c1-13-10(6-9(15)14(17)11(13)16)18-8-4-2-3-7(12)5-8/h2-6,17H,1H3. The summed E-state index contributed by atoms with van der Waals surface area (Å²) in [5, 5.41) is 10.2. The van der Waals surface area contributed by atoms with Crippen LogP contribution in [0.5, 0.6) is 0 Å². The third-order valence-corrected chi connectivity index (χ3v) is 3.60. The van der Waals surface area contributed by atoms with Gasteiger partial charge in [-0.05, 0) is 18.2 Å². The quantitative estimate of drug-likeness (QED) is 0.672. The van der Waals surface area contributed by atoms with E-state index in [-0.39, 0.29) is 4.73 Å². The Bertz CT molecular complexity index is 708. The highest BCUT2D eigenvalue weighted by Crippen LogP contribution is 2.27. The van der Waals surface area contributed by atoms with Crippen LogP contribution < -0.4 is 11.2 Å². The Balaban J connectivity index is 2.48. The van der Waals surface area contributed by atoms with Crippen LogP contribution in [0.3, 0.4) is 0 Å². The highest BCUT2D eigenvalue weighted by atomic mass is 35.5. The molecule has 0 aliphatic rings. The van der Waals surface area contributed by atoms with Crippen molar-refractivity contribution in [2.24, 2.45) is 7.05 Å². The van der Waals surface area contributed by atoms with E-state index in [1.165, 1.54) is 29.4 Å². The first-order chi connectivity index (χ1) is 8.49. The lowest BCUT2D eigenvalue weighted by atomic mass is 10.4. The molecule has 94 valence electrons. The van der Waals surface area contributed by atoms with Gasteiger partial charge in [-0.2, -0.15) is 0 Å². The molecule has 0 bridgehead atoms. The normalized spacial score (nSPS) is 10.6. The SMILES string of the molecule is Cn1c(Sc2cccc(Cl)c2)cc(=O)n(O)c1=O. The maximum Gasteiger partial charge on any atom is 0.365 e. The number of nitrogens with zero attached hydrogens (tertiary/aromatic N) is 2. The van der Waals surface area contributed by atoms with Crippen molar-refractivity contribution < 1.29 is 5.21 Å². The Kier molecular flexibility index (Phi) is 3.49. The minimum absolute atomic E-state index is 0.0715. The fourth-order valence-electron chi connectivity index (χ4n) is 1.34. The Morgan fingerprint density at radius 1 is 1.28 bits per heavy atom. The zero-order valence-corrected chi connectivity index (χ0v) is 10.9. The average Bonchev–Trinajstić information content (AvgIpc) is 2.33. The molecule has 0 radical (unpaired) electrons. The molecule has 18 heavy (non-hydrogen) atoms. The molecule has 0 saturated heterocycles. The molecule has 0 aliphatic carbocycles. The predicted octanol–water partition coefficient (Wildman–Crippen LogP) is 1.59. The molecule has 1 aromatic heterocycles. The van der Waals surface area contributed by atoms with Gasteiger partial charge in [-0.15, -0.1) is 0 Å². The molecule has 0 saturated carbocycles. The van der Waals surface area contributed by atoms with E-state index in [4.69, 9.17) is 16.8 Å². The van der Waals surface area contributed by atoms with Gasteiger partial charge >= 0.3 is 5.69 Å². The number of benzene rings is 1. The van der Waals surface area contributed by atoms with Crippen molar-refractivity contribution in [1.29, 1.82) is 0 Å². The zero-order valence-electron chi connectivity index (χ0n) is 9.33. The van der Waals surface area contributed by atoms with Gasteiger partial charge in [0.2, 0.25) is 0 Å². The van der Waals surface area contributed by atoms with E-state index in [9.17, 15) is 9.59 Å². The largest absolute Gasteiger partial charge is 0.421 e. The number of hydrogen-bond donors (Lipinski definition) is 1. The molecule has 0 atom stereocenters. The predicted molar refractivity (Wildman–Crippen MR) is 68.7 cm³/mol.